The Kier molecular flexibility index (Phi) is 13.1. The summed E-state index contributed by atoms with van der Waals surface area (Å²) >= 11 is -2.32. The second-order valence-corrected chi connectivity index (χ2v) is 22.8. The second-order valence-electron chi connectivity index (χ2n) is 8.55. The van der Waals surface area contributed by atoms with Crippen molar-refractivity contribution in [1.29, 1.82) is 0 Å². The van der Waals surface area contributed by atoms with E-state index < -0.39 is 36.4 Å². The molecule has 3 nitrogen and oxygen atoms in total. The van der Waals surface area contributed by atoms with Gasteiger partial charge in [0.2, 0.25) is 0 Å². The minimum atomic E-state index is -2.32. The molecule has 0 heterocycles. The van der Waals surface area contributed by atoms with E-state index in [2.05, 4.69) is 20.8 Å². The summed E-state index contributed by atoms with van der Waals surface area (Å²) in [4.78, 5) is 11.8. The van der Waals surface area contributed by atoms with Crippen LogP contribution in [0.15, 0.2) is 30.3 Å². The van der Waals surface area contributed by atoms with Crippen molar-refractivity contribution in [2.24, 2.45) is 5.92 Å². The van der Waals surface area contributed by atoms with Gasteiger partial charge in [-0.15, -0.1) is 0 Å². The molecule has 4 heteroatoms. The van der Waals surface area contributed by atoms with Crippen LogP contribution in [0.3, 0.4) is 0 Å². The van der Waals surface area contributed by atoms with Gasteiger partial charge in [-0.25, -0.2) is 0 Å². The Balaban J connectivity index is 2.83. The van der Waals surface area contributed by atoms with Crippen LogP contribution in [0.2, 0.25) is 17.7 Å². The number of carboxylic acids is 1. The Bertz CT molecular complexity index is 510. The number of aliphatic hydroxyl groups is 1. The summed E-state index contributed by atoms with van der Waals surface area (Å²) in [6, 6.07) is 9.71. The van der Waals surface area contributed by atoms with Crippen molar-refractivity contribution in [3.8, 4) is 0 Å². The van der Waals surface area contributed by atoms with Gasteiger partial charge in [0.25, 0.3) is 0 Å². The van der Waals surface area contributed by atoms with E-state index in [4.69, 9.17) is 0 Å². The number of benzene rings is 1. The third kappa shape index (κ3) is 9.30. The minimum absolute atomic E-state index is 0.415. The number of carboxylic acid groups (broad SMARTS) is 1. The number of hydrogen-bond donors (Lipinski definition) is 2. The van der Waals surface area contributed by atoms with Crippen LogP contribution in [0, 0.1) is 5.92 Å². The van der Waals surface area contributed by atoms with Gasteiger partial charge in [0.1, 0.15) is 0 Å². The molecule has 0 spiro atoms. The molecule has 160 valence electrons. The van der Waals surface area contributed by atoms with Crippen LogP contribution in [0.25, 0.3) is 0 Å². The van der Waals surface area contributed by atoms with Gasteiger partial charge >= 0.3 is 177 Å². The molecule has 0 radical (unpaired) electrons. The Morgan fingerprint density at radius 3 is 1.82 bits per heavy atom. The van der Waals surface area contributed by atoms with E-state index in [1.807, 2.05) is 30.3 Å². The average molecular weight is 497 g/mol. The van der Waals surface area contributed by atoms with Gasteiger partial charge in [0.05, 0.1) is 0 Å². The molecule has 0 saturated carbocycles. The summed E-state index contributed by atoms with van der Waals surface area (Å²) in [5, 5.41) is 20.5. The molecule has 0 fully saturated rings. The molecule has 0 bridgehead atoms. The van der Waals surface area contributed by atoms with Crippen molar-refractivity contribution in [3.63, 3.8) is 0 Å². The fraction of sp³-hybridized carbons (Fsp3) is 0.708. The predicted molar refractivity (Wildman–Crippen MR) is 122 cm³/mol. The van der Waals surface area contributed by atoms with Crippen LogP contribution < -0.4 is 0 Å². The first-order chi connectivity index (χ1) is 13.5. The molecule has 0 aliphatic rings. The number of aliphatic hydroxyl groups excluding tert-OH is 1. The van der Waals surface area contributed by atoms with Crippen LogP contribution >= 0.6 is 0 Å². The average Bonchev–Trinajstić information content (AvgIpc) is 2.71. The summed E-state index contributed by atoms with van der Waals surface area (Å²) < 4.78 is 5.38. The molecule has 2 N–H and O–H groups in total. The summed E-state index contributed by atoms with van der Waals surface area (Å²) in [6.45, 7) is 6.81. The van der Waals surface area contributed by atoms with Crippen molar-refractivity contribution < 1.29 is 15.0 Å². The van der Waals surface area contributed by atoms with Crippen LogP contribution in [0.5, 0.6) is 0 Å². The first-order valence-corrected chi connectivity index (χ1v) is 19.5. The molecule has 1 aromatic rings. The predicted octanol–water partition coefficient (Wildman–Crippen LogP) is 6.53. The molecule has 28 heavy (non-hydrogen) atoms. The first kappa shape index (κ1) is 25.5. The molecular formula is C24H42O3Sn. The number of rotatable bonds is 16. The summed E-state index contributed by atoms with van der Waals surface area (Å²) in [7, 11) is 0. The molecule has 0 aromatic heterocycles. The SMILES string of the molecule is CCC[CH2][Sn]([CH2]CCC)([CH2]CCC)[CH2]CC(O)C(Cc1ccccc1)C(=O)O. The standard InChI is InChI=1S/C12H15O3.3C4H9.Sn/c1-2-11(13)10(12(14)15)8-9-6-4-3-5-7-9;3*1-3-4-2;/h3-7,10-11,13H,1-2,8H2,(H,14,15);3*1,3-4H2,2H3;. The quantitative estimate of drug-likeness (QED) is 0.256. The molecule has 0 aliphatic carbocycles. The molecule has 2 atom stereocenters. The fourth-order valence-corrected chi connectivity index (χ4v) is 20.6. The van der Waals surface area contributed by atoms with E-state index in [9.17, 15) is 15.0 Å². The summed E-state index contributed by atoms with van der Waals surface area (Å²) in [5.74, 6) is -1.57. The van der Waals surface area contributed by atoms with Gasteiger partial charge < -0.3 is 0 Å². The second kappa shape index (κ2) is 14.4. The Labute approximate surface area is 176 Å². The third-order valence-corrected chi connectivity index (χ3v) is 22.2. The van der Waals surface area contributed by atoms with Gasteiger partial charge in [0.15, 0.2) is 0 Å². The molecule has 2 unspecified atom stereocenters. The van der Waals surface area contributed by atoms with Crippen molar-refractivity contribution in [1.82, 2.24) is 0 Å². The Hall–Kier alpha value is -0.551. The van der Waals surface area contributed by atoms with Crippen LogP contribution in [-0.4, -0.2) is 40.7 Å². The Morgan fingerprint density at radius 2 is 1.39 bits per heavy atom. The topological polar surface area (TPSA) is 57.5 Å². The molecule has 0 amide bonds. The van der Waals surface area contributed by atoms with Crippen molar-refractivity contribution in [2.45, 2.75) is 96.0 Å². The van der Waals surface area contributed by atoms with Crippen LogP contribution in [0.1, 0.15) is 71.3 Å². The van der Waals surface area contributed by atoms with E-state index in [0.717, 1.165) is 10.0 Å². The van der Waals surface area contributed by atoms with Crippen LogP contribution in [0.4, 0.5) is 0 Å². The molecule has 0 aliphatic heterocycles. The third-order valence-electron chi connectivity index (χ3n) is 6.23. The summed E-state index contributed by atoms with van der Waals surface area (Å²) in [5.41, 5.74) is 0.992. The molecule has 0 saturated heterocycles. The number of carbonyl (C=O) groups is 1. The zero-order chi connectivity index (χ0) is 20.8. The van der Waals surface area contributed by atoms with Gasteiger partial charge in [-0.05, 0) is 0 Å². The van der Waals surface area contributed by atoms with Crippen molar-refractivity contribution >= 4 is 24.3 Å². The number of unbranched alkanes of at least 4 members (excludes halogenated alkanes) is 3. The normalized spacial score (nSPS) is 14.0. The van der Waals surface area contributed by atoms with E-state index in [0.29, 0.717) is 12.8 Å². The van der Waals surface area contributed by atoms with E-state index in [1.165, 1.54) is 51.8 Å². The molecule has 1 aromatic carbocycles. The van der Waals surface area contributed by atoms with Gasteiger partial charge in [0, 0.05) is 0 Å². The van der Waals surface area contributed by atoms with Gasteiger partial charge in [-0.3, -0.25) is 0 Å². The number of aliphatic carboxylic acids is 1. The maximum atomic E-state index is 11.8. The first-order valence-electron chi connectivity index (χ1n) is 11.4. The Morgan fingerprint density at radius 1 is 0.893 bits per heavy atom. The van der Waals surface area contributed by atoms with E-state index in [1.54, 1.807) is 0 Å². The maximum absolute atomic E-state index is 11.8. The molecular weight excluding hydrogens is 455 g/mol. The fourth-order valence-electron chi connectivity index (χ4n) is 4.32. The molecule has 1 rings (SSSR count). The van der Waals surface area contributed by atoms with Gasteiger partial charge in [-0.1, -0.05) is 0 Å². The van der Waals surface area contributed by atoms with E-state index in [-0.39, 0.29) is 0 Å². The van der Waals surface area contributed by atoms with Crippen molar-refractivity contribution in [2.75, 3.05) is 0 Å². The zero-order valence-electron chi connectivity index (χ0n) is 18.3. The number of hydrogen-bond acceptors (Lipinski definition) is 2. The van der Waals surface area contributed by atoms with Gasteiger partial charge in [-0.2, -0.15) is 0 Å². The monoisotopic (exact) mass is 498 g/mol. The van der Waals surface area contributed by atoms with Crippen LogP contribution in [-0.2, 0) is 11.2 Å². The van der Waals surface area contributed by atoms with Crippen molar-refractivity contribution in [3.05, 3.63) is 35.9 Å². The summed E-state index contributed by atoms with van der Waals surface area (Å²) in [6.07, 6.45) is 8.01. The van der Waals surface area contributed by atoms with E-state index >= 15 is 0 Å². The zero-order valence-corrected chi connectivity index (χ0v) is 21.2.